The highest BCUT2D eigenvalue weighted by Crippen LogP contribution is 2.30. The molecule has 3 aromatic rings. The first-order valence-electron chi connectivity index (χ1n) is 7.89. The zero-order valence-corrected chi connectivity index (χ0v) is 13.6. The Morgan fingerprint density at radius 1 is 1.24 bits per heavy atom. The van der Waals surface area contributed by atoms with Crippen molar-refractivity contribution in [2.75, 3.05) is 13.2 Å². The monoisotopic (exact) mass is 336 g/mol. The Labute approximate surface area is 143 Å². The van der Waals surface area contributed by atoms with Crippen molar-refractivity contribution in [1.82, 2.24) is 14.8 Å². The first kappa shape index (κ1) is 15.2. The molecule has 1 aliphatic heterocycles. The Morgan fingerprint density at radius 2 is 2.08 bits per heavy atom. The molecule has 0 fully saturated rings. The first-order chi connectivity index (χ1) is 12.2. The van der Waals surface area contributed by atoms with Gasteiger partial charge in [-0.05, 0) is 42.8 Å². The molecule has 0 aliphatic carbocycles. The Bertz CT molecular complexity index is 978. The summed E-state index contributed by atoms with van der Waals surface area (Å²) in [7, 11) is 0. The summed E-state index contributed by atoms with van der Waals surface area (Å²) in [5, 5.41) is 4.03. The van der Waals surface area contributed by atoms with E-state index in [2.05, 4.69) is 15.5 Å². The molecule has 0 atom stereocenters. The number of pyridine rings is 1. The molecule has 126 valence electrons. The van der Waals surface area contributed by atoms with Crippen molar-refractivity contribution in [3.8, 4) is 11.5 Å². The number of hydrogen-bond acceptors (Lipinski definition) is 5. The van der Waals surface area contributed by atoms with Crippen LogP contribution in [0.4, 0.5) is 0 Å². The number of benzene rings is 1. The number of carbonyl (C=O) groups excluding carboxylic acids is 1. The van der Waals surface area contributed by atoms with Crippen LogP contribution in [0.1, 0.15) is 21.7 Å². The topological polar surface area (TPSA) is 77.2 Å². The van der Waals surface area contributed by atoms with Crippen molar-refractivity contribution >= 4 is 17.8 Å². The van der Waals surface area contributed by atoms with E-state index in [9.17, 15) is 4.79 Å². The number of fused-ring (bicyclic) bond motifs is 2. The van der Waals surface area contributed by atoms with Crippen molar-refractivity contribution in [3.05, 3.63) is 59.5 Å². The molecular weight excluding hydrogens is 320 g/mol. The van der Waals surface area contributed by atoms with Crippen LogP contribution in [0.2, 0.25) is 0 Å². The maximum absolute atomic E-state index is 12.4. The smallest absolute Gasteiger partial charge is 0.290 e. The lowest BCUT2D eigenvalue weighted by Gasteiger charge is -2.18. The van der Waals surface area contributed by atoms with Gasteiger partial charge in [0.2, 0.25) is 0 Å². The molecule has 0 saturated carbocycles. The number of aryl methyl sites for hydroxylation is 1. The molecule has 7 nitrogen and oxygen atoms in total. The third-order valence-electron chi connectivity index (χ3n) is 3.87. The molecule has 0 radical (unpaired) electrons. The van der Waals surface area contributed by atoms with E-state index in [0.717, 1.165) is 11.2 Å². The van der Waals surface area contributed by atoms with Gasteiger partial charge in [0.15, 0.2) is 11.5 Å². The van der Waals surface area contributed by atoms with Gasteiger partial charge in [0.05, 0.1) is 11.9 Å². The van der Waals surface area contributed by atoms with Crippen LogP contribution >= 0.6 is 0 Å². The highest BCUT2D eigenvalue weighted by molar-refractivity contribution is 5.95. The normalized spacial score (nSPS) is 13.3. The molecule has 0 spiro atoms. The van der Waals surface area contributed by atoms with Crippen LogP contribution in [0.3, 0.4) is 0 Å². The van der Waals surface area contributed by atoms with Gasteiger partial charge in [-0.25, -0.2) is 10.4 Å². The van der Waals surface area contributed by atoms with Crippen LogP contribution in [0, 0.1) is 6.92 Å². The second-order valence-corrected chi connectivity index (χ2v) is 5.58. The number of nitrogens with zero attached hydrogens (tertiary/aromatic N) is 3. The van der Waals surface area contributed by atoms with Gasteiger partial charge >= 0.3 is 0 Å². The van der Waals surface area contributed by atoms with Gasteiger partial charge in [0.1, 0.15) is 24.6 Å². The van der Waals surface area contributed by atoms with Gasteiger partial charge < -0.3 is 9.47 Å². The van der Waals surface area contributed by atoms with E-state index in [1.807, 2.05) is 36.4 Å². The third-order valence-corrected chi connectivity index (χ3v) is 3.87. The lowest BCUT2D eigenvalue weighted by molar-refractivity contribution is 0.0948. The minimum Gasteiger partial charge on any atom is -0.486 e. The van der Waals surface area contributed by atoms with Crippen molar-refractivity contribution in [2.24, 2.45) is 5.10 Å². The molecule has 1 amide bonds. The van der Waals surface area contributed by atoms with Gasteiger partial charge in [-0.2, -0.15) is 5.10 Å². The van der Waals surface area contributed by atoms with Crippen LogP contribution in [0.25, 0.3) is 5.65 Å². The summed E-state index contributed by atoms with van der Waals surface area (Å²) in [5.41, 5.74) is 5.19. The van der Waals surface area contributed by atoms with E-state index in [0.29, 0.717) is 36.1 Å². The summed E-state index contributed by atoms with van der Waals surface area (Å²) in [6, 6.07) is 11.1. The molecule has 3 heterocycles. The van der Waals surface area contributed by atoms with E-state index in [-0.39, 0.29) is 5.91 Å². The Hall–Kier alpha value is -3.35. The Balaban J connectivity index is 1.51. The second-order valence-electron chi connectivity index (χ2n) is 5.58. The fourth-order valence-electron chi connectivity index (χ4n) is 2.75. The zero-order valence-electron chi connectivity index (χ0n) is 13.6. The van der Waals surface area contributed by atoms with Gasteiger partial charge in [-0.1, -0.05) is 6.07 Å². The standard InChI is InChI=1S/C18H16N4O3/c1-12-17(22-7-3-2-4-16(22)20-12)18(23)21-19-11-13-5-6-14-15(10-13)25-9-8-24-14/h2-7,10-11H,8-9H2,1H3,(H,21,23)/b19-11+. The van der Waals surface area contributed by atoms with E-state index < -0.39 is 0 Å². The lowest BCUT2D eigenvalue weighted by atomic mass is 10.2. The molecule has 1 aromatic carbocycles. The summed E-state index contributed by atoms with van der Waals surface area (Å²) >= 11 is 0. The molecule has 7 heteroatoms. The average molecular weight is 336 g/mol. The average Bonchev–Trinajstić information content (AvgIpc) is 2.97. The van der Waals surface area contributed by atoms with Crippen LogP contribution in [0.5, 0.6) is 11.5 Å². The number of hydrazone groups is 1. The number of imidazole rings is 1. The van der Waals surface area contributed by atoms with E-state index in [1.54, 1.807) is 23.7 Å². The predicted molar refractivity (Wildman–Crippen MR) is 92.4 cm³/mol. The van der Waals surface area contributed by atoms with Gasteiger partial charge in [0.25, 0.3) is 5.91 Å². The molecule has 25 heavy (non-hydrogen) atoms. The minimum atomic E-state index is -0.315. The number of amides is 1. The second kappa shape index (κ2) is 6.27. The van der Waals surface area contributed by atoms with Gasteiger partial charge in [0, 0.05) is 6.20 Å². The van der Waals surface area contributed by atoms with E-state index >= 15 is 0 Å². The largest absolute Gasteiger partial charge is 0.486 e. The number of ether oxygens (including phenoxy) is 2. The lowest BCUT2D eigenvalue weighted by Crippen LogP contribution is -2.20. The Morgan fingerprint density at radius 3 is 2.96 bits per heavy atom. The third kappa shape index (κ3) is 2.91. The predicted octanol–water partition coefficient (Wildman–Crippen LogP) is 2.18. The van der Waals surface area contributed by atoms with E-state index in [1.165, 1.54) is 0 Å². The summed E-state index contributed by atoms with van der Waals surface area (Å²) in [5.74, 6) is 1.08. The van der Waals surface area contributed by atoms with Crippen molar-refractivity contribution in [1.29, 1.82) is 0 Å². The maximum atomic E-state index is 12.4. The summed E-state index contributed by atoms with van der Waals surface area (Å²) in [4.78, 5) is 16.8. The Kier molecular flexibility index (Phi) is 3.81. The summed E-state index contributed by atoms with van der Waals surface area (Å²) in [6.45, 7) is 2.87. The fraction of sp³-hybridized carbons (Fsp3) is 0.167. The van der Waals surface area contributed by atoms with Crippen LogP contribution in [0.15, 0.2) is 47.7 Å². The molecule has 0 unspecified atom stereocenters. The van der Waals surface area contributed by atoms with Crippen LogP contribution in [-0.2, 0) is 0 Å². The quantitative estimate of drug-likeness (QED) is 0.587. The number of aromatic nitrogens is 2. The van der Waals surface area contributed by atoms with Crippen molar-refractivity contribution < 1.29 is 14.3 Å². The zero-order chi connectivity index (χ0) is 17.2. The highest BCUT2D eigenvalue weighted by Gasteiger charge is 2.15. The number of hydrogen-bond donors (Lipinski definition) is 1. The molecule has 4 rings (SSSR count). The van der Waals surface area contributed by atoms with Crippen molar-refractivity contribution in [3.63, 3.8) is 0 Å². The number of nitrogens with one attached hydrogen (secondary N) is 1. The number of rotatable bonds is 3. The van der Waals surface area contributed by atoms with E-state index in [4.69, 9.17) is 9.47 Å². The molecule has 1 aliphatic rings. The molecular formula is C18H16N4O3. The van der Waals surface area contributed by atoms with Crippen LogP contribution < -0.4 is 14.9 Å². The highest BCUT2D eigenvalue weighted by atomic mass is 16.6. The van der Waals surface area contributed by atoms with Gasteiger partial charge in [-0.3, -0.25) is 9.20 Å². The first-order valence-corrected chi connectivity index (χ1v) is 7.89. The molecule has 0 bridgehead atoms. The number of carbonyl (C=O) groups is 1. The SMILES string of the molecule is Cc1nc2ccccn2c1C(=O)N/N=C/c1ccc2c(c1)OCCO2. The maximum Gasteiger partial charge on any atom is 0.290 e. The van der Waals surface area contributed by atoms with Gasteiger partial charge in [-0.15, -0.1) is 0 Å². The summed E-state index contributed by atoms with van der Waals surface area (Å²) < 4.78 is 12.7. The van der Waals surface area contributed by atoms with Crippen molar-refractivity contribution in [2.45, 2.75) is 6.92 Å². The molecule has 2 aromatic heterocycles. The fourth-order valence-corrected chi connectivity index (χ4v) is 2.75. The molecule has 1 N–H and O–H groups in total. The molecule has 0 saturated heterocycles. The van der Waals surface area contributed by atoms with Crippen LogP contribution in [-0.4, -0.2) is 34.7 Å². The summed E-state index contributed by atoms with van der Waals surface area (Å²) in [6.07, 6.45) is 3.36. The minimum absolute atomic E-state index is 0.315.